The number of hydrogen-bond acceptors (Lipinski definition) is 4. The lowest BCUT2D eigenvalue weighted by atomic mass is 10.0. The minimum absolute atomic E-state index is 0.654. The van der Waals surface area contributed by atoms with Gasteiger partial charge < -0.3 is 4.57 Å². The molecule has 6 aromatic carbocycles. The normalized spacial score (nSPS) is 11.5. The van der Waals surface area contributed by atoms with E-state index in [0.717, 1.165) is 22.3 Å². The van der Waals surface area contributed by atoms with E-state index < -0.39 is 0 Å². The van der Waals surface area contributed by atoms with Gasteiger partial charge in [0.05, 0.1) is 15.7 Å². The highest BCUT2D eigenvalue weighted by atomic mass is 32.1. The molecule has 9 aromatic rings. The van der Waals surface area contributed by atoms with E-state index in [4.69, 9.17) is 15.0 Å². The molecule has 0 unspecified atom stereocenters. The summed E-state index contributed by atoms with van der Waals surface area (Å²) in [5.74, 6) is 1.98. The second kappa shape index (κ2) is 10.9. The zero-order valence-corrected chi connectivity index (χ0v) is 25.5. The second-order valence-corrected chi connectivity index (χ2v) is 12.3. The maximum absolute atomic E-state index is 4.91. The predicted octanol–water partition coefficient (Wildman–Crippen LogP) is 10.9. The number of hydrogen-bond donors (Lipinski definition) is 0. The lowest BCUT2D eigenvalue weighted by molar-refractivity contribution is 1.07. The molecule has 3 aromatic heterocycles. The molecular formula is C41H26N4S. The molecule has 216 valence electrons. The van der Waals surface area contributed by atoms with Crippen molar-refractivity contribution in [2.75, 3.05) is 0 Å². The molecule has 0 radical (unpaired) electrons. The highest BCUT2D eigenvalue weighted by molar-refractivity contribution is 7.26. The van der Waals surface area contributed by atoms with Crippen molar-refractivity contribution >= 4 is 42.5 Å². The fourth-order valence-corrected chi connectivity index (χ4v) is 7.46. The summed E-state index contributed by atoms with van der Waals surface area (Å²) in [5, 5.41) is 2.55. The molecule has 0 saturated heterocycles. The molecule has 4 nitrogen and oxygen atoms in total. The molecule has 0 N–H and O–H groups in total. The quantitative estimate of drug-likeness (QED) is 0.196. The lowest BCUT2D eigenvalue weighted by Crippen LogP contribution is -2.00. The Labute approximate surface area is 269 Å². The Balaban J connectivity index is 1.16. The largest absolute Gasteiger partial charge is 0.308 e. The Morgan fingerprint density at radius 3 is 1.54 bits per heavy atom. The van der Waals surface area contributed by atoms with Crippen molar-refractivity contribution in [3.8, 4) is 51.0 Å². The monoisotopic (exact) mass is 606 g/mol. The predicted molar refractivity (Wildman–Crippen MR) is 191 cm³/mol. The Hall–Kier alpha value is -5.91. The summed E-state index contributed by atoms with van der Waals surface area (Å²) in [6.45, 7) is 0. The van der Waals surface area contributed by atoms with Gasteiger partial charge >= 0.3 is 0 Å². The van der Waals surface area contributed by atoms with Gasteiger partial charge in [-0.05, 0) is 41.5 Å². The van der Waals surface area contributed by atoms with Gasteiger partial charge in [-0.1, -0.05) is 127 Å². The van der Waals surface area contributed by atoms with Crippen LogP contribution in [0.15, 0.2) is 158 Å². The smallest absolute Gasteiger partial charge is 0.164 e. The number of nitrogens with zero attached hydrogens (tertiary/aromatic N) is 4. The summed E-state index contributed by atoms with van der Waals surface area (Å²) < 4.78 is 5.02. The number of aromatic nitrogens is 4. The van der Waals surface area contributed by atoms with Gasteiger partial charge in [0.1, 0.15) is 0 Å². The number of thiophene rings is 1. The van der Waals surface area contributed by atoms with E-state index in [1.807, 2.05) is 72.0 Å². The molecular weight excluding hydrogens is 581 g/mol. The molecule has 0 amide bonds. The molecule has 0 aliphatic rings. The SMILES string of the molecule is c1ccc(-c2nc(-c3ccccc3)nc(-c3ccc(-c4ccc5c(c4)c4sc6ccccc6c4n5-c4ccccc4)cc3)n2)cc1. The van der Waals surface area contributed by atoms with Gasteiger partial charge in [0.25, 0.3) is 0 Å². The van der Waals surface area contributed by atoms with Gasteiger partial charge in [-0.2, -0.15) is 0 Å². The van der Waals surface area contributed by atoms with Crippen LogP contribution in [0.2, 0.25) is 0 Å². The minimum Gasteiger partial charge on any atom is -0.308 e. The van der Waals surface area contributed by atoms with Crippen LogP contribution < -0.4 is 0 Å². The number of fused-ring (bicyclic) bond motifs is 5. The summed E-state index contributed by atoms with van der Waals surface area (Å²) in [5.41, 5.74) is 8.85. The molecule has 0 aliphatic heterocycles. The van der Waals surface area contributed by atoms with Crippen molar-refractivity contribution in [3.05, 3.63) is 158 Å². The summed E-state index contributed by atoms with van der Waals surface area (Å²) in [4.78, 5) is 14.6. The topological polar surface area (TPSA) is 43.6 Å². The third-order valence-electron chi connectivity index (χ3n) is 8.47. The van der Waals surface area contributed by atoms with E-state index >= 15 is 0 Å². The zero-order valence-electron chi connectivity index (χ0n) is 24.7. The minimum atomic E-state index is 0.654. The van der Waals surface area contributed by atoms with E-state index in [9.17, 15) is 0 Å². The average Bonchev–Trinajstić information content (AvgIpc) is 3.67. The van der Waals surface area contributed by atoms with Gasteiger partial charge in [-0.25, -0.2) is 15.0 Å². The van der Waals surface area contributed by atoms with E-state index in [1.165, 1.54) is 42.5 Å². The summed E-state index contributed by atoms with van der Waals surface area (Å²) >= 11 is 1.87. The van der Waals surface area contributed by atoms with Gasteiger partial charge in [-0.3, -0.25) is 0 Å². The zero-order chi connectivity index (χ0) is 30.5. The number of benzene rings is 6. The molecule has 3 heterocycles. The summed E-state index contributed by atoms with van der Waals surface area (Å²) in [6, 6.07) is 54.9. The fraction of sp³-hybridized carbons (Fsp3) is 0. The maximum atomic E-state index is 4.91. The first-order valence-corrected chi connectivity index (χ1v) is 16.1. The van der Waals surface area contributed by atoms with Crippen LogP contribution in [-0.2, 0) is 0 Å². The Morgan fingerprint density at radius 1 is 0.413 bits per heavy atom. The van der Waals surface area contributed by atoms with Crippen molar-refractivity contribution in [1.82, 2.24) is 19.5 Å². The van der Waals surface area contributed by atoms with Crippen molar-refractivity contribution in [3.63, 3.8) is 0 Å². The number of rotatable bonds is 5. The van der Waals surface area contributed by atoms with Gasteiger partial charge in [0.15, 0.2) is 17.5 Å². The van der Waals surface area contributed by atoms with E-state index in [1.54, 1.807) is 0 Å². The highest BCUT2D eigenvalue weighted by Crippen LogP contribution is 2.43. The molecule has 0 spiro atoms. The van der Waals surface area contributed by atoms with E-state index in [0.29, 0.717) is 17.5 Å². The van der Waals surface area contributed by atoms with Crippen molar-refractivity contribution < 1.29 is 0 Å². The third-order valence-corrected chi connectivity index (χ3v) is 9.66. The van der Waals surface area contributed by atoms with Crippen LogP contribution in [0.4, 0.5) is 0 Å². The van der Waals surface area contributed by atoms with Crippen LogP contribution in [0.3, 0.4) is 0 Å². The van der Waals surface area contributed by atoms with Crippen molar-refractivity contribution in [2.45, 2.75) is 0 Å². The molecule has 5 heteroatoms. The fourth-order valence-electron chi connectivity index (χ4n) is 6.24. The van der Waals surface area contributed by atoms with Crippen LogP contribution in [-0.4, -0.2) is 19.5 Å². The summed E-state index contributed by atoms with van der Waals surface area (Å²) in [7, 11) is 0. The molecule has 9 rings (SSSR count). The average molecular weight is 607 g/mol. The van der Waals surface area contributed by atoms with Gasteiger partial charge in [0.2, 0.25) is 0 Å². The van der Waals surface area contributed by atoms with Gasteiger partial charge in [0, 0.05) is 37.9 Å². The Kier molecular flexibility index (Phi) is 6.28. The van der Waals surface area contributed by atoms with Crippen LogP contribution in [0.1, 0.15) is 0 Å². The maximum Gasteiger partial charge on any atom is 0.164 e. The first-order valence-electron chi connectivity index (χ1n) is 15.3. The van der Waals surface area contributed by atoms with Crippen molar-refractivity contribution in [2.24, 2.45) is 0 Å². The molecule has 46 heavy (non-hydrogen) atoms. The third kappa shape index (κ3) is 4.48. The van der Waals surface area contributed by atoms with Crippen molar-refractivity contribution in [1.29, 1.82) is 0 Å². The van der Waals surface area contributed by atoms with Crippen LogP contribution in [0.25, 0.3) is 82.2 Å². The second-order valence-electron chi connectivity index (χ2n) is 11.3. The number of para-hydroxylation sites is 1. The van der Waals surface area contributed by atoms with Crippen LogP contribution >= 0.6 is 11.3 Å². The van der Waals surface area contributed by atoms with E-state index in [-0.39, 0.29) is 0 Å². The van der Waals surface area contributed by atoms with Gasteiger partial charge in [-0.15, -0.1) is 11.3 Å². The Morgan fingerprint density at radius 2 is 0.913 bits per heavy atom. The van der Waals surface area contributed by atoms with Crippen LogP contribution in [0.5, 0.6) is 0 Å². The molecule has 0 atom stereocenters. The first-order chi connectivity index (χ1) is 22.8. The van der Waals surface area contributed by atoms with Crippen LogP contribution in [0, 0.1) is 0 Å². The lowest BCUT2D eigenvalue weighted by Gasteiger charge is -2.10. The summed E-state index contributed by atoms with van der Waals surface area (Å²) in [6.07, 6.45) is 0. The molecule has 0 saturated carbocycles. The Bertz CT molecular complexity index is 2440. The first kappa shape index (κ1) is 26.5. The standard InChI is InChI=1S/C41H26N4S/c1-4-12-28(13-5-1)39-42-40(29-14-6-2-7-15-29)44-41(43-39)30-22-20-27(21-23-30)31-24-25-35-34(26-31)38-37(33-18-10-11-19-36(33)46-38)45(35)32-16-8-3-9-17-32/h1-26H. The highest BCUT2D eigenvalue weighted by Gasteiger charge is 2.18. The van der Waals surface area contributed by atoms with E-state index in [2.05, 4.69) is 102 Å². The molecule has 0 fully saturated rings. The molecule has 0 aliphatic carbocycles. The molecule has 0 bridgehead atoms.